The molecular weight excluding hydrogens is 246 g/mol. The smallest absolute Gasteiger partial charge is 0.123 e. The Morgan fingerprint density at radius 3 is 3.00 bits per heavy atom. The van der Waals surface area contributed by atoms with Crippen LogP contribution >= 0.6 is 12.0 Å². The molecule has 0 aliphatic carbocycles. The molecule has 1 saturated heterocycles. The molecule has 0 bridgehead atoms. The van der Waals surface area contributed by atoms with Crippen LogP contribution in [0.4, 0.5) is 0 Å². The minimum atomic E-state index is 0.170. The van der Waals surface area contributed by atoms with Crippen LogP contribution in [0.25, 0.3) is 0 Å². The number of hydrogen-bond donors (Lipinski definition) is 1. The number of hydrogen-bond acceptors (Lipinski definition) is 4. The molecule has 2 rings (SSSR count). The summed E-state index contributed by atoms with van der Waals surface area (Å²) >= 11 is 1.45. The number of rotatable bonds is 4. The summed E-state index contributed by atoms with van der Waals surface area (Å²) in [7, 11) is 1.70. The second-order valence-corrected chi connectivity index (χ2v) is 5.35. The molecule has 0 spiro atoms. The quantitative estimate of drug-likeness (QED) is 0.846. The molecule has 18 heavy (non-hydrogen) atoms. The fourth-order valence-corrected chi connectivity index (χ4v) is 2.84. The van der Waals surface area contributed by atoms with Crippen LogP contribution in [0.15, 0.2) is 23.1 Å². The van der Waals surface area contributed by atoms with Crippen molar-refractivity contribution in [2.75, 3.05) is 13.7 Å². The van der Waals surface area contributed by atoms with Crippen LogP contribution in [0.2, 0.25) is 0 Å². The summed E-state index contributed by atoms with van der Waals surface area (Å²) in [5.41, 5.74) is 1.14. The number of ether oxygens (including phenoxy) is 1. The first-order valence-corrected chi connectivity index (χ1v) is 7.25. The Balaban J connectivity index is 1.92. The Bertz CT molecular complexity index is 376. The zero-order valence-corrected chi connectivity index (χ0v) is 11.9. The third-order valence-corrected chi connectivity index (χ3v) is 4.17. The van der Waals surface area contributed by atoms with Crippen molar-refractivity contribution in [3.63, 3.8) is 0 Å². The summed E-state index contributed by atoms with van der Waals surface area (Å²) in [6.45, 7) is 3.12. The van der Waals surface area contributed by atoms with Crippen molar-refractivity contribution in [1.82, 2.24) is 5.32 Å². The zero-order valence-electron chi connectivity index (χ0n) is 11.1. The van der Waals surface area contributed by atoms with Gasteiger partial charge in [0.1, 0.15) is 12.0 Å². The lowest BCUT2D eigenvalue weighted by atomic mass is 10.2. The molecule has 1 aromatic carbocycles. The maximum atomic E-state index is 5.88. The second-order valence-electron chi connectivity index (χ2n) is 4.56. The molecule has 100 valence electrons. The van der Waals surface area contributed by atoms with Gasteiger partial charge in [-0.05, 0) is 44.9 Å². The van der Waals surface area contributed by atoms with E-state index < -0.39 is 0 Å². The van der Waals surface area contributed by atoms with E-state index >= 15 is 0 Å². The van der Waals surface area contributed by atoms with Gasteiger partial charge >= 0.3 is 0 Å². The Morgan fingerprint density at radius 2 is 2.17 bits per heavy atom. The van der Waals surface area contributed by atoms with Crippen LogP contribution in [0.5, 0.6) is 5.75 Å². The molecule has 1 aromatic rings. The molecule has 0 saturated carbocycles. The van der Waals surface area contributed by atoms with Crippen molar-refractivity contribution in [2.45, 2.75) is 43.7 Å². The van der Waals surface area contributed by atoms with Crippen LogP contribution < -0.4 is 10.1 Å². The summed E-state index contributed by atoms with van der Waals surface area (Å²) in [6.07, 6.45) is 5.06. The highest BCUT2D eigenvalue weighted by Crippen LogP contribution is 2.31. The molecule has 0 aromatic heterocycles. The molecule has 1 unspecified atom stereocenters. The lowest BCUT2D eigenvalue weighted by molar-refractivity contribution is 0.193. The maximum absolute atomic E-state index is 5.88. The first-order valence-electron chi connectivity index (χ1n) is 6.51. The second kappa shape index (κ2) is 7.02. The highest BCUT2D eigenvalue weighted by molar-refractivity contribution is 7.94. The van der Waals surface area contributed by atoms with E-state index in [4.69, 9.17) is 8.92 Å². The monoisotopic (exact) mass is 267 g/mol. The van der Waals surface area contributed by atoms with E-state index in [1.165, 1.54) is 31.3 Å². The maximum Gasteiger partial charge on any atom is 0.123 e. The molecule has 0 radical (unpaired) electrons. The van der Waals surface area contributed by atoms with E-state index in [2.05, 4.69) is 18.3 Å². The predicted octanol–water partition coefficient (Wildman–Crippen LogP) is 3.52. The van der Waals surface area contributed by atoms with E-state index in [1.54, 1.807) is 7.11 Å². The first kappa shape index (κ1) is 13.7. The van der Waals surface area contributed by atoms with Gasteiger partial charge in [-0.3, -0.25) is 9.50 Å². The number of methoxy groups -OCH3 is 1. The molecule has 1 heterocycles. The van der Waals surface area contributed by atoms with Crippen LogP contribution in [0.1, 0.15) is 31.2 Å². The van der Waals surface area contributed by atoms with Gasteiger partial charge in [0.05, 0.1) is 7.11 Å². The lowest BCUT2D eigenvalue weighted by Crippen LogP contribution is -2.28. The third-order valence-electron chi connectivity index (χ3n) is 3.22. The van der Waals surface area contributed by atoms with Gasteiger partial charge in [-0.15, -0.1) is 0 Å². The van der Waals surface area contributed by atoms with Crippen molar-refractivity contribution in [2.24, 2.45) is 0 Å². The molecule has 1 N–H and O–H groups in total. The van der Waals surface area contributed by atoms with Gasteiger partial charge in [0, 0.05) is 22.5 Å². The predicted molar refractivity (Wildman–Crippen MR) is 74.9 cm³/mol. The fraction of sp³-hybridized carbons (Fsp3) is 0.571. The summed E-state index contributed by atoms with van der Waals surface area (Å²) in [4.78, 5) is 1.13. The standard InChI is InChI=1S/C14H21NO2S/c1-11-12(16-2)7-6-8-13(11)18-17-14-9-4-3-5-10-15-14/h6-8,14-15H,3-5,9-10H2,1-2H3. The Morgan fingerprint density at radius 1 is 1.28 bits per heavy atom. The van der Waals surface area contributed by atoms with Crippen molar-refractivity contribution in [3.05, 3.63) is 23.8 Å². The van der Waals surface area contributed by atoms with Crippen molar-refractivity contribution in [3.8, 4) is 5.75 Å². The number of benzene rings is 1. The molecule has 1 fully saturated rings. The van der Waals surface area contributed by atoms with Crippen LogP contribution in [0.3, 0.4) is 0 Å². The van der Waals surface area contributed by atoms with Gasteiger partial charge in [0.25, 0.3) is 0 Å². The lowest BCUT2D eigenvalue weighted by Gasteiger charge is -2.16. The first-order chi connectivity index (χ1) is 8.81. The minimum absolute atomic E-state index is 0.170. The van der Waals surface area contributed by atoms with Gasteiger partial charge in [-0.25, -0.2) is 0 Å². The number of nitrogens with one attached hydrogen (secondary N) is 1. The normalized spacial score (nSPS) is 20.4. The summed E-state index contributed by atoms with van der Waals surface area (Å²) in [5, 5.41) is 3.43. The highest BCUT2D eigenvalue weighted by atomic mass is 32.2. The summed E-state index contributed by atoms with van der Waals surface area (Å²) < 4.78 is 11.2. The molecule has 0 amide bonds. The summed E-state index contributed by atoms with van der Waals surface area (Å²) in [6, 6.07) is 6.04. The molecule has 1 aliphatic rings. The topological polar surface area (TPSA) is 30.5 Å². The molecule has 4 heteroatoms. The van der Waals surface area contributed by atoms with Gasteiger partial charge in [-0.2, -0.15) is 0 Å². The third kappa shape index (κ3) is 3.64. The van der Waals surface area contributed by atoms with Crippen LogP contribution in [-0.4, -0.2) is 19.9 Å². The molecular formula is C14H21NO2S. The van der Waals surface area contributed by atoms with Gasteiger partial charge in [0.15, 0.2) is 0 Å². The Kier molecular flexibility index (Phi) is 5.35. The van der Waals surface area contributed by atoms with Crippen molar-refractivity contribution < 1.29 is 8.92 Å². The van der Waals surface area contributed by atoms with E-state index in [-0.39, 0.29) is 6.23 Å². The highest BCUT2D eigenvalue weighted by Gasteiger charge is 2.13. The SMILES string of the molecule is COc1cccc(SOC2CCCCCN2)c1C. The van der Waals surface area contributed by atoms with E-state index in [1.807, 2.05) is 12.1 Å². The van der Waals surface area contributed by atoms with E-state index in [9.17, 15) is 0 Å². The average Bonchev–Trinajstić information content (AvgIpc) is 2.66. The largest absolute Gasteiger partial charge is 0.496 e. The fourth-order valence-electron chi connectivity index (χ4n) is 2.09. The van der Waals surface area contributed by atoms with E-state index in [0.717, 1.165) is 29.2 Å². The molecule has 1 aliphatic heterocycles. The van der Waals surface area contributed by atoms with E-state index in [0.29, 0.717) is 0 Å². The van der Waals surface area contributed by atoms with Gasteiger partial charge in [0.2, 0.25) is 0 Å². The zero-order chi connectivity index (χ0) is 12.8. The minimum Gasteiger partial charge on any atom is -0.496 e. The Hall–Kier alpha value is -0.710. The molecule has 1 atom stereocenters. The van der Waals surface area contributed by atoms with Crippen LogP contribution in [0, 0.1) is 6.92 Å². The van der Waals surface area contributed by atoms with Crippen LogP contribution in [-0.2, 0) is 4.18 Å². The summed E-state index contributed by atoms with van der Waals surface area (Å²) in [5.74, 6) is 0.914. The van der Waals surface area contributed by atoms with Gasteiger partial charge in [-0.1, -0.05) is 12.5 Å². The molecule has 3 nitrogen and oxygen atoms in total. The van der Waals surface area contributed by atoms with Crippen molar-refractivity contribution >= 4 is 12.0 Å². The average molecular weight is 267 g/mol. The van der Waals surface area contributed by atoms with Gasteiger partial charge < -0.3 is 4.74 Å². The Labute approximate surface area is 113 Å². The van der Waals surface area contributed by atoms with Crippen molar-refractivity contribution in [1.29, 1.82) is 0 Å².